The lowest BCUT2D eigenvalue weighted by Crippen LogP contribution is -2.38. The average Bonchev–Trinajstić information content (AvgIpc) is 2.97. The molecule has 4 nitrogen and oxygen atoms in total. The van der Waals surface area contributed by atoms with Gasteiger partial charge in [-0.1, -0.05) is 23.2 Å². The van der Waals surface area contributed by atoms with Crippen LogP contribution in [0.1, 0.15) is 0 Å². The number of fused-ring (bicyclic) bond motifs is 1. The van der Waals surface area contributed by atoms with E-state index < -0.39 is 12.1 Å². The first-order valence-corrected chi connectivity index (χ1v) is 7.63. The number of carbonyl (C=O) groups excluding carboxylic acids is 1. The first-order valence-electron chi connectivity index (χ1n) is 6.87. The van der Waals surface area contributed by atoms with Gasteiger partial charge in [0.2, 0.25) is 5.89 Å². The molecule has 1 aromatic heterocycles. The molecule has 2 aromatic carbocycles. The lowest BCUT2D eigenvalue weighted by atomic mass is 10.2. The van der Waals surface area contributed by atoms with Gasteiger partial charge in [0.15, 0.2) is 5.58 Å². The van der Waals surface area contributed by atoms with Gasteiger partial charge >= 0.3 is 12.1 Å². The number of halogens is 5. The number of benzene rings is 2. The van der Waals surface area contributed by atoms with Crippen LogP contribution in [0, 0.1) is 0 Å². The molecule has 0 fully saturated rings. The van der Waals surface area contributed by atoms with Gasteiger partial charge in [0, 0.05) is 23.8 Å². The van der Waals surface area contributed by atoms with E-state index in [0.29, 0.717) is 26.0 Å². The molecule has 3 aromatic rings. The van der Waals surface area contributed by atoms with Gasteiger partial charge in [-0.2, -0.15) is 13.2 Å². The Balaban J connectivity index is 2.02. The summed E-state index contributed by atoms with van der Waals surface area (Å²) in [7, 11) is 1.03. The van der Waals surface area contributed by atoms with E-state index in [0.717, 1.165) is 7.05 Å². The van der Waals surface area contributed by atoms with E-state index >= 15 is 0 Å². The van der Waals surface area contributed by atoms with Gasteiger partial charge in [0.05, 0.1) is 10.6 Å². The quantitative estimate of drug-likeness (QED) is 0.596. The van der Waals surface area contributed by atoms with Gasteiger partial charge in [-0.05, 0) is 30.3 Å². The first kappa shape index (κ1) is 17.6. The smallest absolute Gasteiger partial charge is 0.436 e. The molecular formula is C16H9Cl2F3N2O2. The van der Waals surface area contributed by atoms with E-state index in [1.165, 1.54) is 18.2 Å². The number of anilines is 1. The van der Waals surface area contributed by atoms with Crippen LogP contribution in [0.4, 0.5) is 18.9 Å². The summed E-state index contributed by atoms with van der Waals surface area (Å²) in [6.45, 7) is 0. The highest BCUT2D eigenvalue weighted by Crippen LogP contribution is 2.33. The number of hydrogen-bond acceptors (Lipinski definition) is 3. The molecule has 9 heteroatoms. The van der Waals surface area contributed by atoms with Gasteiger partial charge in [-0.25, -0.2) is 4.98 Å². The fourth-order valence-electron chi connectivity index (χ4n) is 2.21. The molecule has 3 rings (SSSR count). The van der Waals surface area contributed by atoms with E-state index in [1.54, 1.807) is 18.2 Å². The second-order valence-corrected chi connectivity index (χ2v) is 6.00. The Morgan fingerprint density at radius 2 is 1.88 bits per heavy atom. The third-order valence-electron chi connectivity index (χ3n) is 3.47. The lowest BCUT2D eigenvalue weighted by Gasteiger charge is -2.18. The maximum Gasteiger partial charge on any atom is 0.471 e. The fourth-order valence-corrected chi connectivity index (χ4v) is 2.58. The molecule has 0 aliphatic heterocycles. The molecule has 0 saturated carbocycles. The number of rotatable bonds is 2. The van der Waals surface area contributed by atoms with Crippen molar-refractivity contribution in [3.05, 3.63) is 46.4 Å². The number of amides is 1. The number of carbonyl (C=O) groups is 1. The van der Waals surface area contributed by atoms with Gasteiger partial charge in [-0.3, -0.25) is 4.79 Å². The normalized spacial score (nSPS) is 11.8. The summed E-state index contributed by atoms with van der Waals surface area (Å²) in [5.74, 6) is -1.81. The molecule has 0 N–H and O–H groups in total. The molecule has 0 aliphatic carbocycles. The van der Waals surface area contributed by atoms with E-state index in [9.17, 15) is 18.0 Å². The predicted molar refractivity (Wildman–Crippen MR) is 88.9 cm³/mol. The van der Waals surface area contributed by atoms with Crippen LogP contribution in [0.15, 0.2) is 40.8 Å². The molecule has 130 valence electrons. The lowest BCUT2D eigenvalue weighted by molar-refractivity contribution is -0.170. The zero-order valence-electron chi connectivity index (χ0n) is 12.6. The van der Waals surface area contributed by atoms with Crippen molar-refractivity contribution in [3.63, 3.8) is 0 Å². The Bertz CT molecular complexity index is 970. The van der Waals surface area contributed by atoms with Gasteiger partial charge in [0.1, 0.15) is 5.52 Å². The van der Waals surface area contributed by atoms with Gasteiger partial charge < -0.3 is 9.32 Å². The fraction of sp³-hybridized carbons (Fsp3) is 0.125. The summed E-state index contributed by atoms with van der Waals surface area (Å²) in [4.78, 5) is 16.1. The Kier molecular flexibility index (Phi) is 4.38. The SMILES string of the molecule is CN(C(=O)C(F)(F)F)c1ccc2nc(-c3cc(Cl)ccc3Cl)oc2c1. The van der Waals surface area contributed by atoms with Gasteiger partial charge in [-0.15, -0.1) is 0 Å². The van der Waals surface area contributed by atoms with Crippen molar-refractivity contribution in [2.75, 3.05) is 11.9 Å². The molecule has 25 heavy (non-hydrogen) atoms. The van der Waals surface area contributed by atoms with E-state index in [-0.39, 0.29) is 17.2 Å². The first-order chi connectivity index (χ1) is 11.7. The van der Waals surface area contributed by atoms with Gasteiger partial charge in [0.25, 0.3) is 0 Å². The molecule has 0 spiro atoms. The number of oxazole rings is 1. The van der Waals surface area contributed by atoms with Crippen molar-refractivity contribution in [3.8, 4) is 11.5 Å². The van der Waals surface area contributed by atoms with Crippen LogP contribution in [0.2, 0.25) is 10.0 Å². The Hall–Kier alpha value is -2.25. The monoisotopic (exact) mass is 388 g/mol. The summed E-state index contributed by atoms with van der Waals surface area (Å²) in [5, 5.41) is 0.790. The van der Waals surface area contributed by atoms with E-state index in [1.807, 2.05) is 0 Å². The zero-order chi connectivity index (χ0) is 18.4. The van der Waals surface area contributed by atoms with Crippen molar-refractivity contribution < 1.29 is 22.4 Å². The van der Waals surface area contributed by atoms with Crippen LogP contribution in [0.3, 0.4) is 0 Å². The minimum absolute atomic E-state index is 0.0229. The molecule has 0 atom stereocenters. The molecule has 0 radical (unpaired) electrons. The second-order valence-electron chi connectivity index (χ2n) is 5.16. The van der Waals surface area contributed by atoms with Crippen molar-refractivity contribution in [2.24, 2.45) is 0 Å². The summed E-state index contributed by atoms with van der Waals surface area (Å²) < 4.78 is 43.2. The number of alkyl halides is 3. The molecule has 0 bridgehead atoms. The maximum absolute atomic E-state index is 12.6. The highest BCUT2D eigenvalue weighted by atomic mass is 35.5. The molecule has 0 aliphatic rings. The van der Waals surface area contributed by atoms with Crippen LogP contribution >= 0.6 is 23.2 Å². The Labute approximate surface area is 149 Å². The molecule has 1 amide bonds. The van der Waals surface area contributed by atoms with Crippen molar-refractivity contribution >= 4 is 45.9 Å². The summed E-state index contributed by atoms with van der Waals surface area (Å²) in [6.07, 6.45) is -4.97. The third-order valence-corrected chi connectivity index (χ3v) is 4.03. The number of hydrogen-bond donors (Lipinski definition) is 0. The highest BCUT2D eigenvalue weighted by Gasteiger charge is 2.41. The summed E-state index contributed by atoms with van der Waals surface area (Å²) in [5.41, 5.74) is 1.09. The van der Waals surface area contributed by atoms with Crippen molar-refractivity contribution in [1.82, 2.24) is 4.98 Å². The summed E-state index contributed by atoms with van der Waals surface area (Å²) >= 11 is 12.0. The second kappa shape index (κ2) is 6.24. The van der Waals surface area contributed by atoms with E-state index in [2.05, 4.69) is 4.98 Å². The molecular weight excluding hydrogens is 380 g/mol. The Morgan fingerprint density at radius 3 is 2.56 bits per heavy atom. The maximum atomic E-state index is 12.6. The predicted octanol–water partition coefficient (Wildman–Crippen LogP) is 5.33. The third kappa shape index (κ3) is 3.43. The number of nitrogens with zero attached hydrogens (tertiary/aromatic N) is 2. The Morgan fingerprint density at radius 1 is 1.16 bits per heavy atom. The van der Waals surface area contributed by atoms with Crippen LogP contribution in [-0.4, -0.2) is 24.1 Å². The molecule has 1 heterocycles. The van der Waals surface area contributed by atoms with Crippen LogP contribution < -0.4 is 4.90 Å². The van der Waals surface area contributed by atoms with E-state index in [4.69, 9.17) is 27.6 Å². The average molecular weight is 389 g/mol. The topological polar surface area (TPSA) is 46.3 Å². The highest BCUT2D eigenvalue weighted by molar-refractivity contribution is 6.35. The summed E-state index contributed by atoms with van der Waals surface area (Å²) in [6, 6.07) is 8.85. The van der Waals surface area contributed by atoms with Crippen LogP contribution in [-0.2, 0) is 4.79 Å². The molecule has 0 unspecified atom stereocenters. The zero-order valence-corrected chi connectivity index (χ0v) is 14.1. The minimum Gasteiger partial charge on any atom is -0.436 e. The van der Waals surface area contributed by atoms with Crippen molar-refractivity contribution in [2.45, 2.75) is 6.18 Å². The molecule has 0 saturated heterocycles. The van der Waals surface area contributed by atoms with Crippen LogP contribution in [0.5, 0.6) is 0 Å². The van der Waals surface area contributed by atoms with Crippen molar-refractivity contribution in [1.29, 1.82) is 0 Å². The largest absolute Gasteiger partial charge is 0.471 e. The van der Waals surface area contributed by atoms with Crippen LogP contribution in [0.25, 0.3) is 22.6 Å². The minimum atomic E-state index is -4.97. The number of aromatic nitrogens is 1. The standard InChI is InChI=1S/C16H9Cl2F3N2O2/c1-23(15(24)16(19,20)21)9-3-5-12-13(7-9)25-14(22-12)10-6-8(17)2-4-11(10)18/h2-7H,1H3.